The third-order valence-electron chi connectivity index (χ3n) is 3.41. The van der Waals surface area contributed by atoms with E-state index in [0.717, 1.165) is 12.1 Å². The van der Waals surface area contributed by atoms with Crippen LogP contribution >= 0.6 is 0 Å². The predicted octanol–water partition coefficient (Wildman–Crippen LogP) is 3.30. The first-order valence-corrected chi connectivity index (χ1v) is 7.49. The Balaban J connectivity index is 1.91. The first-order valence-electron chi connectivity index (χ1n) is 7.49. The van der Waals surface area contributed by atoms with E-state index in [-0.39, 0.29) is 18.8 Å². The van der Waals surface area contributed by atoms with Crippen molar-refractivity contribution in [3.05, 3.63) is 59.2 Å². The number of nitrogens with one attached hydrogen (secondary N) is 1. The van der Waals surface area contributed by atoms with Crippen LogP contribution < -0.4 is 10.1 Å². The van der Waals surface area contributed by atoms with Gasteiger partial charge in [0.25, 0.3) is 0 Å². The van der Waals surface area contributed by atoms with Crippen LogP contribution in [0.15, 0.2) is 42.5 Å². The zero-order chi connectivity index (χ0) is 19.2. The lowest BCUT2D eigenvalue weighted by atomic mass is 10.1. The Morgan fingerprint density at radius 1 is 1.08 bits per heavy atom. The van der Waals surface area contributed by atoms with Gasteiger partial charge in [0.05, 0.1) is 28.8 Å². The number of aliphatic hydroxyl groups is 1. The van der Waals surface area contributed by atoms with Gasteiger partial charge in [-0.25, -0.2) is 0 Å². The molecule has 2 aromatic carbocycles. The maximum absolute atomic E-state index is 12.9. The average molecular weight is 361 g/mol. The fourth-order valence-corrected chi connectivity index (χ4v) is 2.10. The number of nitriles is 2. The summed E-state index contributed by atoms with van der Waals surface area (Å²) < 4.78 is 44.1. The normalized spacial score (nSPS) is 11.9. The zero-order valence-corrected chi connectivity index (χ0v) is 13.4. The van der Waals surface area contributed by atoms with Crippen LogP contribution in [0.5, 0.6) is 5.75 Å². The molecule has 0 radical (unpaired) electrons. The van der Waals surface area contributed by atoms with E-state index in [4.69, 9.17) is 15.3 Å². The Kier molecular flexibility index (Phi) is 6.05. The van der Waals surface area contributed by atoms with Gasteiger partial charge in [0.1, 0.15) is 18.5 Å². The maximum atomic E-state index is 12.9. The molecule has 0 aliphatic rings. The van der Waals surface area contributed by atoms with E-state index in [1.54, 1.807) is 24.3 Å². The molecule has 1 atom stereocenters. The van der Waals surface area contributed by atoms with Crippen molar-refractivity contribution in [2.24, 2.45) is 0 Å². The van der Waals surface area contributed by atoms with E-state index in [2.05, 4.69) is 5.32 Å². The number of anilines is 1. The fourth-order valence-electron chi connectivity index (χ4n) is 2.10. The first kappa shape index (κ1) is 19.1. The standard InChI is InChI=1S/C18H14F3N3O2/c19-18(20,21)17-7-14(4-3-13(17)9-23)24-10-15(25)11-26-16-5-1-12(8-22)2-6-16/h1-7,15,24-25H,10-11H2. The van der Waals surface area contributed by atoms with Crippen molar-refractivity contribution in [3.8, 4) is 17.9 Å². The highest BCUT2D eigenvalue weighted by molar-refractivity contribution is 5.53. The van der Waals surface area contributed by atoms with E-state index in [1.165, 1.54) is 12.1 Å². The van der Waals surface area contributed by atoms with Crippen LogP contribution in [0.4, 0.5) is 18.9 Å². The van der Waals surface area contributed by atoms with Gasteiger partial charge in [-0.2, -0.15) is 23.7 Å². The Hall–Kier alpha value is -3.23. The maximum Gasteiger partial charge on any atom is 0.417 e. The molecule has 134 valence electrons. The van der Waals surface area contributed by atoms with Crippen molar-refractivity contribution in [1.29, 1.82) is 10.5 Å². The van der Waals surface area contributed by atoms with Crippen molar-refractivity contribution in [3.63, 3.8) is 0 Å². The topological polar surface area (TPSA) is 89.1 Å². The quantitative estimate of drug-likeness (QED) is 0.824. The van der Waals surface area contributed by atoms with E-state index < -0.39 is 23.4 Å². The molecule has 2 N–H and O–H groups in total. The van der Waals surface area contributed by atoms with Crippen molar-refractivity contribution in [2.75, 3.05) is 18.5 Å². The highest BCUT2D eigenvalue weighted by Gasteiger charge is 2.33. The lowest BCUT2D eigenvalue weighted by Crippen LogP contribution is -2.26. The van der Waals surface area contributed by atoms with Crippen molar-refractivity contribution in [2.45, 2.75) is 12.3 Å². The van der Waals surface area contributed by atoms with Gasteiger partial charge in [-0.1, -0.05) is 0 Å². The average Bonchev–Trinajstić information content (AvgIpc) is 2.64. The lowest BCUT2D eigenvalue weighted by Gasteiger charge is -2.15. The second-order valence-corrected chi connectivity index (χ2v) is 5.35. The zero-order valence-electron chi connectivity index (χ0n) is 13.4. The molecular weight excluding hydrogens is 347 g/mol. The first-order chi connectivity index (χ1) is 12.3. The Bertz CT molecular complexity index is 837. The van der Waals surface area contributed by atoms with Crippen molar-refractivity contribution < 1.29 is 23.0 Å². The molecule has 2 rings (SSSR count). The Labute approximate surface area is 147 Å². The number of alkyl halides is 3. The van der Waals surface area contributed by atoms with Crippen LogP contribution in [-0.2, 0) is 6.18 Å². The molecule has 0 bridgehead atoms. The minimum absolute atomic E-state index is 0.0422. The van der Waals surface area contributed by atoms with Crippen LogP contribution in [0.3, 0.4) is 0 Å². The van der Waals surface area contributed by atoms with Crippen LogP contribution in [-0.4, -0.2) is 24.4 Å². The molecule has 0 heterocycles. The summed E-state index contributed by atoms with van der Waals surface area (Å²) in [4.78, 5) is 0. The molecule has 0 amide bonds. The summed E-state index contributed by atoms with van der Waals surface area (Å²) in [5, 5.41) is 30.0. The summed E-state index contributed by atoms with van der Waals surface area (Å²) in [6.45, 7) is -0.124. The molecule has 0 aliphatic heterocycles. The molecule has 2 aromatic rings. The van der Waals surface area contributed by atoms with Crippen molar-refractivity contribution >= 4 is 5.69 Å². The molecule has 0 aliphatic carbocycles. The summed E-state index contributed by atoms with van der Waals surface area (Å²) in [7, 11) is 0. The highest BCUT2D eigenvalue weighted by Crippen LogP contribution is 2.33. The number of rotatable bonds is 6. The SMILES string of the molecule is N#Cc1ccc(OCC(O)CNc2ccc(C#N)c(C(F)(F)F)c2)cc1. The fraction of sp³-hybridized carbons (Fsp3) is 0.222. The Morgan fingerprint density at radius 3 is 2.35 bits per heavy atom. The van der Waals surface area contributed by atoms with E-state index in [0.29, 0.717) is 11.3 Å². The molecule has 1 unspecified atom stereocenters. The minimum atomic E-state index is -4.64. The van der Waals surface area contributed by atoms with Gasteiger partial charge in [0, 0.05) is 12.2 Å². The summed E-state index contributed by atoms with van der Waals surface area (Å²) in [6, 6.07) is 13.0. The van der Waals surface area contributed by atoms with Crippen LogP contribution in [0.2, 0.25) is 0 Å². The van der Waals surface area contributed by atoms with Crippen LogP contribution in [0, 0.1) is 22.7 Å². The number of halogens is 3. The number of aliphatic hydroxyl groups excluding tert-OH is 1. The third kappa shape index (κ3) is 5.13. The molecule has 0 saturated heterocycles. The molecule has 0 aromatic heterocycles. The summed E-state index contributed by atoms with van der Waals surface area (Å²) in [6.07, 6.45) is -5.62. The molecule has 5 nitrogen and oxygen atoms in total. The highest BCUT2D eigenvalue weighted by atomic mass is 19.4. The second-order valence-electron chi connectivity index (χ2n) is 5.35. The van der Waals surface area contributed by atoms with Gasteiger partial charge in [0.15, 0.2) is 0 Å². The molecule has 26 heavy (non-hydrogen) atoms. The van der Waals surface area contributed by atoms with Gasteiger partial charge < -0.3 is 15.2 Å². The van der Waals surface area contributed by atoms with Gasteiger partial charge in [-0.05, 0) is 42.5 Å². The van der Waals surface area contributed by atoms with Gasteiger partial charge >= 0.3 is 6.18 Å². The molecular formula is C18H14F3N3O2. The van der Waals surface area contributed by atoms with Crippen LogP contribution in [0.1, 0.15) is 16.7 Å². The van der Waals surface area contributed by atoms with Gasteiger partial charge in [-0.3, -0.25) is 0 Å². The van der Waals surface area contributed by atoms with E-state index in [1.807, 2.05) is 6.07 Å². The summed E-state index contributed by atoms with van der Waals surface area (Å²) in [5.74, 6) is 0.459. The number of benzene rings is 2. The largest absolute Gasteiger partial charge is 0.491 e. The summed E-state index contributed by atoms with van der Waals surface area (Å²) in [5.41, 5.74) is -0.893. The lowest BCUT2D eigenvalue weighted by molar-refractivity contribution is -0.137. The predicted molar refractivity (Wildman–Crippen MR) is 87.3 cm³/mol. The smallest absolute Gasteiger partial charge is 0.417 e. The van der Waals surface area contributed by atoms with E-state index >= 15 is 0 Å². The van der Waals surface area contributed by atoms with Gasteiger partial charge in [0.2, 0.25) is 0 Å². The monoisotopic (exact) mass is 361 g/mol. The number of ether oxygens (including phenoxy) is 1. The van der Waals surface area contributed by atoms with Gasteiger partial charge in [-0.15, -0.1) is 0 Å². The Morgan fingerprint density at radius 2 is 1.77 bits per heavy atom. The van der Waals surface area contributed by atoms with E-state index in [9.17, 15) is 18.3 Å². The number of hydrogen-bond donors (Lipinski definition) is 2. The number of hydrogen-bond acceptors (Lipinski definition) is 5. The third-order valence-corrected chi connectivity index (χ3v) is 3.41. The van der Waals surface area contributed by atoms with Crippen molar-refractivity contribution in [1.82, 2.24) is 0 Å². The molecule has 0 saturated carbocycles. The van der Waals surface area contributed by atoms with Crippen LogP contribution in [0.25, 0.3) is 0 Å². The summed E-state index contributed by atoms with van der Waals surface area (Å²) >= 11 is 0. The minimum Gasteiger partial charge on any atom is -0.491 e. The number of nitrogens with zero attached hydrogens (tertiary/aromatic N) is 2. The molecule has 8 heteroatoms. The molecule has 0 spiro atoms. The molecule has 0 fully saturated rings. The second kappa shape index (κ2) is 8.24.